The lowest BCUT2D eigenvalue weighted by Gasteiger charge is -2.24. The summed E-state index contributed by atoms with van der Waals surface area (Å²) in [7, 11) is 0. The lowest BCUT2D eigenvalue weighted by molar-refractivity contribution is -0.162. The van der Waals surface area contributed by atoms with Crippen molar-refractivity contribution in [1.82, 2.24) is 0 Å². The second-order valence-corrected chi connectivity index (χ2v) is 6.05. The molecule has 1 aromatic carbocycles. The van der Waals surface area contributed by atoms with E-state index in [1.54, 1.807) is 20.8 Å². The highest BCUT2D eigenvalue weighted by Gasteiger charge is 2.33. The monoisotopic (exact) mass is 297 g/mol. The van der Waals surface area contributed by atoms with Crippen LogP contribution in [0, 0.1) is 5.92 Å². The summed E-state index contributed by atoms with van der Waals surface area (Å²) in [5.41, 5.74) is 4.38. The van der Waals surface area contributed by atoms with Gasteiger partial charge in [0.25, 0.3) is 0 Å². The van der Waals surface area contributed by atoms with Crippen molar-refractivity contribution < 1.29 is 14.3 Å². The lowest BCUT2D eigenvalue weighted by atomic mass is 9.95. The largest absolute Gasteiger partial charge is 0.459 e. The van der Waals surface area contributed by atoms with Crippen LogP contribution in [0.4, 0.5) is 0 Å². The number of nitrogens with two attached hydrogens (primary N) is 1. The van der Waals surface area contributed by atoms with E-state index in [2.05, 4.69) is 0 Å². The molecule has 0 amide bonds. The number of esters is 1. The van der Waals surface area contributed by atoms with Crippen LogP contribution in [-0.2, 0) is 20.7 Å². The normalized spacial score (nSPS) is 14.4. The molecule has 0 radical (unpaired) electrons. The van der Waals surface area contributed by atoms with Crippen LogP contribution >= 0.6 is 11.6 Å². The van der Waals surface area contributed by atoms with E-state index in [1.807, 2.05) is 30.3 Å². The van der Waals surface area contributed by atoms with Crippen LogP contribution in [-0.4, -0.2) is 22.9 Å². The Hall–Kier alpha value is -1.39. The highest BCUT2D eigenvalue weighted by atomic mass is 35.5. The fourth-order valence-corrected chi connectivity index (χ4v) is 1.87. The molecule has 0 heterocycles. The Kier molecular flexibility index (Phi) is 5.72. The van der Waals surface area contributed by atoms with Crippen LogP contribution < -0.4 is 5.73 Å². The summed E-state index contributed by atoms with van der Waals surface area (Å²) in [6.07, 6.45) is 0.231. The third-order valence-corrected chi connectivity index (χ3v) is 2.80. The molecule has 2 atom stereocenters. The molecule has 1 rings (SSSR count). The zero-order valence-electron chi connectivity index (χ0n) is 11.9. The molecular weight excluding hydrogens is 278 g/mol. The highest BCUT2D eigenvalue weighted by molar-refractivity contribution is 6.32. The molecule has 0 aliphatic heterocycles. The number of hydrogen-bond acceptors (Lipinski definition) is 4. The van der Waals surface area contributed by atoms with Crippen molar-refractivity contribution in [2.45, 2.75) is 38.3 Å². The molecule has 1 unspecified atom stereocenters. The van der Waals surface area contributed by atoms with Gasteiger partial charge >= 0.3 is 5.97 Å². The van der Waals surface area contributed by atoms with Gasteiger partial charge in [-0.05, 0) is 32.8 Å². The molecule has 0 aliphatic rings. The number of ether oxygens (including phenoxy) is 1. The molecule has 0 aromatic heterocycles. The highest BCUT2D eigenvalue weighted by Crippen LogP contribution is 2.18. The van der Waals surface area contributed by atoms with E-state index >= 15 is 0 Å². The van der Waals surface area contributed by atoms with Crippen molar-refractivity contribution in [2.75, 3.05) is 0 Å². The third kappa shape index (κ3) is 5.31. The van der Waals surface area contributed by atoms with Crippen molar-refractivity contribution in [3.05, 3.63) is 35.9 Å². The number of ketones is 1. The Balaban J connectivity index is 2.91. The van der Waals surface area contributed by atoms with Crippen molar-refractivity contribution in [3.63, 3.8) is 0 Å². The quantitative estimate of drug-likeness (QED) is 0.392. The molecule has 5 heteroatoms. The summed E-state index contributed by atoms with van der Waals surface area (Å²) in [5, 5.41) is 0. The van der Waals surface area contributed by atoms with Gasteiger partial charge in [0, 0.05) is 0 Å². The number of carbonyl (C=O) groups is 2. The Morgan fingerprint density at radius 2 is 1.80 bits per heavy atom. The first kappa shape index (κ1) is 16.7. The van der Waals surface area contributed by atoms with Gasteiger partial charge in [-0.1, -0.05) is 41.9 Å². The molecule has 0 aliphatic carbocycles. The summed E-state index contributed by atoms with van der Waals surface area (Å²) in [6, 6.07) is 9.22. The maximum absolute atomic E-state index is 12.2. The van der Waals surface area contributed by atoms with E-state index in [1.165, 1.54) is 0 Å². The first-order valence-corrected chi connectivity index (χ1v) is 6.84. The van der Waals surface area contributed by atoms with Crippen molar-refractivity contribution in [1.29, 1.82) is 0 Å². The number of Topliss-reactive ketones (excluding diaryl/α,β-unsaturated/α-hetero) is 1. The van der Waals surface area contributed by atoms with E-state index in [0.717, 1.165) is 5.56 Å². The van der Waals surface area contributed by atoms with Crippen LogP contribution in [0.3, 0.4) is 0 Å². The molecular formula is C15H20ClNO3. The summed E-state index contributed by atoms with van der Waals surface area (Å²) in [5.74, 6) is -2.10. The molecule has 0 saturated heterocycles. The van der Waals surface area contributed by atoms with Gasteiger partial charge in [0.05, 0.1) is 0 Å². The van der Waals surface area contributed by atoms with Gasteiger partial charge in [0.2, 0.25) is 0 Å². The maximum Gasteiger partial charge on any atom is 0.317 e. The van der Waals surface area contributed by atoms with Crippen molar-refractivity contribution in [3.8, 4) is 0 Å². The Labute approximate surface area is 124 Å². The zero-order valence-corrected chi connectivity index (χ0v) is 12.7. The predicted octanol–water partition coefficient (Wildman–Crippen LogP) is 2.28. The van der Waals surface area contributed by atoms with E-state index in [9.17, 15) is 9.59 Å². The van der Waals surface area contributed by atoms with Gasteiger partial charge in [-0.25, -0.2) is 0 Å². The fraction of sp³-hybridized carbons (Fsp3) is 0.467. The first-order chi connectivity index (χ1) is 9.20. The van der Waals surface area contributed by atoms with E-state index < -0.39 is 28.8 Å². The molecule has 0 spiro atoms. The van der Waals surface area contributed by atoms with E-state index in [4.69, 9.17) is 22.1 Å². The standard InChI is InChI=1S/C15H20ClNO3/c1-15(2,3)20-14(19)11(12(18)13(16)17)9-10-7-5-4-6-8-10/h4-8,11,13H,9,17H2,1-3H3/t11?,13-/m1/s1. The van der Waals surface area contributed by atoms with Gasteiger partial charge in [0.1, 0.15) is 17.0 Å². The predicted molar refractivity (Wildman–Crippen MR) is 78.3 cm³/mol. The van der Waals surface area contributed by atoms with Crippen LogP contribution in [0.15, 0.2) is 30.3 Å². The Morgan fingerprint density at radius 1 is 1.25 bits per heavy atom. The van der Waals surface area contributed by atoms with Gasteiger partial charge in [-0.2, -0.15) is 0 Å². The van der Waals surface area contributed by atoms with Crippen LogP contribution in [0.25, 0.3) is 0 Å². The lowest BCUT2D eigenvalue weighted by Crippen LogP contribution is -2.40. The summed E-state index contributed by atoms with van der Waals surface area (Å²) in [6.45, 7) is 5.24. The average molecular weight is 298 g/mol. The average Bonchev–Trinajstić information content (AvgIpc) is 2.34. The smallest absolute Gasteiger partial charge is 0.317 e. The summed E-state index contributed by atoms with van der Waals surface area (Å²) < 4.78 is 5.27. The summed E-state index contributed by atoms with van der Waals surface area (Å²) in [4.78, 5) is 24.2. The first-order valence-electron chi connectivity index (χ1n) is 6.41. The van der Waals surface area contributed by atoms with Gasteiger partial charge < -0.3 is 10.5 Å². The van der Waals surface area contributed by atoms with Gasteiger partial charge in [0.15, 0.2) is 5.78 Å². The van der Waals surface area contributed by atoms with Crippen LogP contribution in [0.5, 0.6) is 0 Å². The SMILES string of the molecule is CC(C)(C)OC(=O)C(Cc1ccccc1)C(=O)[C@@H](N)Cl. The number of rotatable bonds is 5. The van der Waals surface area contributed by atoms with Crippen molar-refractivity contribution >= 4 is 23.4 Å². The van der Waals surface area contributed by atoms with E-state index in [0.29, 0.717) is 0 Å². The van der Waals surface area contributed by atoms with Crippen LogP contribution in [0.1, 0.15) is 26.3 Å². The number of alkyl halides is 1. The van der Waals surface area contributed by atoms with E-state index in [-0.39, 0.29) is 6.42 Å². The second kappa shape index (κ2) is 6.86. The molecule has 0 saturated carbocycles. The Morgan fingerprint density at radius 3 is 2.25 bits per heavy atom. The molecule has 0 fully saturated rings. The van der Waals surface area contributed by atoms with Crippen molar-refractivity contribution in [2.24, 2.45) is 11.7 Å². The minimum Gasteiger partial charge on any atom is -0.459 e. The molecule has 2 N–H and O–H groups in total. The number of carbonyl (C=O) groups excluding carboxylic acids is 2. The maximum atomic E-state index is 12.2. The topological polar surface area (TPSA) is 69.4 Å². The molecule has 20 heavy (non-hydrogen) atoms. The van der Waals surface area contributed by atoms with Gasteiger partial charge in [-0.15, -0.1) is 0 Å². The zero-order chi connectivity index (χ0) is 15.3. The molecule has 0 bridgehead atoms. The molecule has 4 nitrogen and oxygen atoms in total. The van der Waals surface area contributed by atoms with Gasteiger partial charge in [-0.3, -0.25) is 9.59 Å². The number of benzene rings is 1. The minimum atomic E-state index is -1.21. The van der Waals surface area contributed by atoms with Crippen LogP contribution in [0.2, 0.25) is 0 Å². The third-order valence-electron chi connectivity index (χ3n) is 2.59. The summed E-state index contributed by atoms with van der Waals surface area (Å²) >= 11 is 5.62. The number of halogens is 1. The number of hydrogen-bond donors (Lipinski definition) is 1. The Bertz CT molecular complexity index is 466. The minimum absolute atomic E-state index is 0.231. The second-order valence-electron chi connectivity index (χ2n) is 5.58. The molecule has 1 aromatic rings. The fourth-order valence-electron chi connectivity index (χ4n) is 1.71. The molecule has 110 valence electrons.